The number of H-pyrrole nitrogens is 2. The number of aromatic nitrogens is 5. The molecule has 164 valence electrons. The Hall–Kier alpha value is -4.11. The zero-order valence-corrected chi connectivity index (χ0v) is 17.8. The number of carboxylic acids is 1. The molecule has 6 rings (SSSR count). The number of hydrogen-bond donors (Lipinski definition) is 3. The molecule has 1 aliphatic heterocycles. The van der Waals surface area contributed by atoms with Crippen LogP contribution in [0.4, 0.5) is 0 Å². The predicted octanol–water partition coefficient (Wildman–Crippen LogP) is 3.60. The van der Waals surface area contributed by atoms with Crippen molar-refractivity contribution < 1.29 is 14.6 Å². The standard InChI is InChI=1S/C23H16ClN5O4/c24-20-12(8-14-21(28-20)27-10-26-14)9-29-15-4-3-11-5-7-33-19(11)17(15)16(18(29)23(31)32)13-2-1-6-25-22(13)30/h1-4,6,8,10H,5,7,9H2,(H,25,30)(H,31,32)(H,26,27,28). The molecular formula is C23H16ClN5O4. The summed E-state index contributed by atoms with van der Waals surface area (Å²) >= 11 is 6.43. The Morgan fingerprint density at radius 2 is 2.15 bits per heavy atom. The first-order valence-corrected chi connectivity index (χ1v) is 10.6. The van der Waals surface area contributed by atoms with Gasteiger partial charge in [-0.3, -0.25) is 4.79 Å². The molecule has 5 aromatic rings. The fraction of sp³-hybridized carbons (Fsp3) is 0.130. The summed E-state index contributed by atoms with van der Waals surface area (Å²) in [6, 6.07) is 8.89. The lowest BCUT2D eigenvalue weighted by atomic mass is 10.0. The maximum Gasteiger partial charge on any atom is 0.353 e. The van der Waals surface area contributed by atoms with E-state index in [9.17, 15) is 14.7 Å². The van der Waals surface area contributed by atoms with E-state index in [1.807, 2.05) is 12.1 Å². The molecule has 0 aliphatic carbocycles. The lowest BCUT2D eigenvalue weighted by molar-refractivity contribution is 0.0687. The number of carboxylic acid groups (broad SMARTS) is 1. The Morgan fingerprint density at radius 1 is 1.27 bits per heavy atom. The van der Waals surface area contributed by atoms with Gasteiger partial charge in [-0.15, -0.1) is 0 Å². The van der Waals surface area contributed by atoms with E-state index in [0.717, 1.165) is 12.0 Å². The molecule has 10 heteroatoms. The van der Waals surface area contributed by atoms with Gasteiger partial charge >= 0.3 is 5.97 Å². The number of pyridine rings is 2. The van der Waals surface area contributed by atoms with Gasteiger partial charge in [-0.1, -0.05) is 17.7 Å². The van der Waals surface area contributed by atoms with E-state index in [-0.39, 0.29) is 28.5 Å². The Bertz CT molecular complexity index is 1650. The number of halogens is 1. The first-order valence-electron chi connectivity index (χ1n) is 10.2. The lowest BCUT2D eigenvalue weighted by Crippen LogP contribution is -2.14. The second-order valence-electron chi connectivity index (χ2n) is 7.79. The highest BCUT2D eigenvalue weighted by molar-refractivity contribution is 6.30. The number of carbonyl (C=O) groups is 1. The van der Waals surface area contributed by atoms with E-state index in [1.165, 1.54) is 12.5 Å². The smallest absolute Gasteiger partial charge is 0.353 e. The highest BCUT2D eigenvalue weighted by Gasteiger charge is 2.30. The molecule has 4 aromatic heterocycles. The molecule has 33 heavy (non-hydrogen) atoms. The van der Waals surface area contributed by atoms with Gasteiger partial charge in [0.05, 0.1) is 41.5 Å². The summed E-state index contributed by atoms with van der Waals surface area (Å²) in [5.74, 6) is -0.553. The van der Waals surface area contributed by atoms with Crippen molar-refractivity contribution in [3.8, 4) is 16.9 Å². The Balaban J connectivity index is 1.69. The first-order chi connectivity index (χ1) is 16.0. The van der Waals surface area contributed by atoms with Gasteiger partial charge in [0, 0.05) is 23.7 Å². The highest BCUT2D eigenvalue weighted by atomic mass is 35.5. The SMILES string of the molecule is O=C(O)c1c(-c2ccc[nH]c2=O)c2c3c(ccc2n1Cc1cc2[nH]cnc2nc1Cl)CCO3. The number of benzene rings is 1. The summed E-state index contributed by atoms with van der Waals surface area (Å²) in [6.45, 7) is 0.626. The van der Waals surface area contributed by atoms with E-state index in [1.54, 1.807) is 22.8 Å². The quantitative estimate of drug-likeness (QED) is 0.351. The molecule has 0 unspecified atom stereocenters. The molecule has 1 aliphatic rings. The van der Waals surface area contributed by atoms with Crippen LogP contribution in [-0.4, -0.2) is 42.2 Å². The van der Waals surface area contributed by atoms with Crippen LogP contribution in [0.5, 0.6) is 5.75 Å². The maximum absolute atomic E-state index is 12.7. The van der Waals surface area contributed by atoms with Crippen LogP contribution in [0.25, 0.3) is 33.2 Å². The minimum Gasteiger partial charge on any atom is -0.492 e. The van der Waals surface area contributed by atoms with Crippen molar-refractivity contribution in [2.45, 2.75) is 13.0 Å². The average molecular weight is 462 g/mol. The normalized spacial score (nSPS) is 12.9. The van der Waals surface area contributed by atoms with E-state index in [2.05, 4.69) is 19.9 Å². The second kappa shape index (κ2) is 7.21. The molecule has 0 fully saturated rings. The van der Waals surface area contributed by atoms with Crippen LogP contribution in [0.3, 0.4) is 0 Å². The Kier molecular flexibility index (Phi) is 4.27. The number of fused-ring (bicyclic) bond motifs is 4. The Labute approximate surface area is 190 Å². The van der Waals surface area contributed by atoms with E-state index in [0.29, 0.717) is 45.6 Å². The molecule has 0 radical (unpaired) electrons. The summed E-state index contributed by atoms with van der Waals surface area (Å²) in [6.07, 6.45) is 3.75. The van der Waals surface area contributed by atoms with Crippen LogP contribution in [-0.2, 0) is 13.0 Å². The van der Waals surface area contributed by atoms with Crippen LogP contribution >= 0.6 is 11.6 Å². The van der Waals surface area contributed by atoms with Gasteiger partial charge in [-0.2, -0.15) is 0 Å². The fourth-order valence-electron chi connectivity index (χ4n) is 4.52. The summed E-state index contributed by atoms with van der Waals surface area (Å²) in [5.41, 5.74) is 3.56. The molecule has 0 amide bonds. The highest BCUT2D eigenvalue weighted by Crippen LogP contribution is 2.43. The number of imidazole rings is 1. The van der Waals surface area contributed by atoms with Crippen LogP contribution in [0.1, 0.15) is 21.6 Å². The van der Waals surface area contributed by atoms with Crippen LogP contribution in [0, 0.1) is 0 Å². The molecule has 0 bridgehead atoms. The van der Waals surface area contributed by atoms with Crippen LogP contribution in [0.15, 0.2) is 47.7 Å². The fourth-order valence-corrected chi connectivity index (χ4v) is 4.71. The van der Waals surface area contributed by atoms with Crippen molar-refractivity contribution in [2.24, 2.45) is 0 Å². The van der Waals surface area contributed by atoms with Gasteiger partial charge in [0.25, 0.3) is 5.56 Å². The molecule has 0 saturated heterocycles. The minimum atomic E-state index is -1.16. The summed E-state index contributed by atoms with van der Waals surface area (Å²) in [7, 11) is 0. The molecule has 1 aromatic carbocycles. The van der Waals surface area contributed by atoms with Crippen molar-refractivity contribution >= 4 is 39.6 Å². The minimum absolute atomic E-state index is 0.0219. The van der Waals surface area contributed by atoms with E-state index >= 15 is 0 Å². The summed E-state index contributed by atoms with van der Waals surface area (Å²) in [5, 5.41) is 11.1. The first kappa shape index (κ1) is 19.6. The van der Waals surface area contributed by atoms with E-state index < -0.39 is 5.97 Å². The van der Waals surface area contributed by atoms with Crippen molar-refractivity contribution in [1.82, 2.24) is 24.5 Å². The second-order valence-corrected chi connectivity index (χ2v) is 8.14. The summed E-state index contributed by atoms with van der Waals surface area (Å²) in [4.78, 5) is 39.4. The number of nitrogens with one attached hydrogen (secondary N) is 2. The largest absolute Gasteiger partial charge is 0.492 e. The molecule has 5 heterocycles. The maximum atomic E-state index is 12.7. The van der Waals surface area contributed by atoms with Gasteiger partial charge in [0.2, 0.25) is 0 Å². The number of aromatic carboxylic acids is 1. The average Bonchev–Trinajstić information content (AvgIpc) is 3.51. The third-order valence-electron chi connectivity index (χ3n) is 5.94. The molecule has 0 atom stereocenters. The number of rotatable bonds is 4. The summed E-state index contributed by atoms with van der Waals surface area (Å²) < 4.78 is 7.56. The lowest BCUT2D eigenvalue weighted by Gasteiger charge is -2.11. The predicted molar refractivity (Wildman–Crippen MR) is 122 cm³/mol. The molecule has 0 spiro atoms. The van der Waals surface area contributed by atoms with Crippen molar-refractivity contribution in [2.75, 3.05) is 6.61 Å². The zero-order valence-electron chi connectivity index (χ0n) is 17.1. The van der Waals surface area contributed by atoms with Gasteiger partial charge < -0.3 is 24.4 Å². The molecule has 3 N–H and O–H groups in total. The number of nitrogens with zero attached hydrogens (tertiary/aromatic N) is 3. The molecule has 9 nitrogen and oxygen atoms in total. The monoisotopic (exact) mass is 461 g/mol. The van der Waals surface area contributed by atoms with Crippen LogP contribution in [0.2, 0.25) is 5.15 Å². The van der Waals surface area contributed by atoms with Crippen molar-refractivity contribution in [1.29, 1.82) is 0 Å². The number of hydrogen-bond acceptors (Lipinski definition) is 5. The number of ether oxygens (including phenoxy) is 1. The third-order valence-corrected chi connectivity index (χ3v) is 6.26. The third kappa shape index (κ3) is 2.93. The topological polar surface area (TPSA) is 126 Å². The van der Waals surface area contributed by atoms with Gasteiger partial charge in [-0.05, 0) is 29.8 Å². The van der Waals surface area contributed by atoms with Crippen molar-refractivity contribution in [3.63, 3.8) is 0 Å². The van der Waals surface area contributed by atoms with E-state index in [4.69, 9.17) is 16.3 Å². The van der Waals surface area contributed by atoms with Gasteiger partial charge in [0.1, 0.15) is 16.6 Å². The van der Waals surface area contributed by atoms with Gasteiger partial charge in [-0.25, -0.2) is 14.8 Å². The van der Waals surface area contributed by atoms with Gasteiger partial charge in [0.15, 0.2) is 5.65 Å². The van der Waals surface area contributed by atoms with Crippen LogP contribution < -0.4 is 10.3 Å². The Morgan fingerprint density at radius 3 is 2.97 bits per heavy atom. The molecule has 0 saturated carbocycles. The van der Waals surface area contributed by atoms with Crippen molar-refractivity contribution in [3.05, 3.63) is 75.2 Å². The molecular weight excluding hydrogens is 446 g/mol. The zero-order chi connectivity index (χ0) is 22.7. The number of aromatic amines is 2.